The summed E-state index contributed by atoms with van der Waals surface area (Å²) in [5.41, 5.74) is 6.63. The third-order valence-corrected chi connectivity index (χ3v) is 1.86. The fourth-order valence-corrected chi connectivity index (χ4v) is 1.06. The van der Waals surface area contributed by atoms with E-state index in [1.54, 1.807) is 12.2 Å². The second kappa shape index (κ2) is 5.14. The zero-order valence-corrected chi connectivity index (χ0v) is 8.37. The van der Waals surface area contributed by atoms with Crippen LogP contribution in [0.2, 0.25) is 0 Å². The molecule has 0 fully saturated rings. The van der Waals surface area contributed by atoms with Crippen molar-refractivity contribution in [2.24, 2.45) is 0 Å². The Hall–Kier alpha value is -1.84. The Labute approximate surface area is 87.3 Å². The average Bonchev–Trinajstić information content (AvgIpc) is 2.23. The van der Waals surface area contributed by atoms with Gasteiger partial charge >= 0.3 is 5.97 Å². The molecule has 0 aliphatic carbocycles. The highest BCUT2D eigenvalue weighted by atomic mass is 19.1. The van der Waals surface area contributed by atoms with Crippen LogP contribution in [0.25, 0.3) is 6.08 Å². The Morgan fingerprint density at radius 2 is 2.33 bits per heavy atom. The number of rotatable bonds is 3. The van der Waals surface area contributed by atoms with Gasteiger partial charge in [0.15, 0.2) is 0 Å². The maximum absolute atomic E-state index is 12.8. The van der Waals surface area contributed by atoms with Gasteiger partial charge in [0.2, 0.25) is 0 Å². The van der Waals surface area contributed by atoms with Gasteiger partial charge in [-0.2, -0.15) is 0 Å². The standard InChI is InChI=1S/C11H12FNO2/c1-15-11(14)4-2-3-8-7-9(12)5-6-10(8)13/h2-3,5-7H,4,13H2,1H3. The highest BCUT2D eigenvalue weighted by Gasteiger charge is 1.98. The normalized spacial score (nSPS) is 10.5. The SMILES string of the molecule is COC(=O)CC=Cc1cc(F)ccc1N. The van der Waals surface area contributed by atoms with E-state index in [1.165, 1.54) is 25.3 Å². The summed E-state index contributed by atoms with van der Waals surface area (Å²) in [4.78, 5) is 10.8. The smallest absolute Gasteiger partial charge is 0.309 e. The third-order valence-electron chi connectivity index (χ3n) is 1.86. The van der Waals surface area contributed by atoms with Crippen molar-refractivity contribution in [2.75, 3.05) is 12.8 Å². The lowest BCUT2D eigenvalue weighted by atomic mass is 10.1. The van der Waals surface area contributed by atoms with Crippen molar-refractivity contribution in [3.05, 3.63) is 35.7 Å². The monoisotopic (exact) mass is 209 g/mol. The molecule has 0 aliphatic rings. The van der Waals surface area contributed by atoms with Crippen molar-refractivity contribution < 1.29 is 13.9 Å². The summed E-state index contributed by atoms with van der Waals surface area (Å²) >= 11 is 0. The van der Waals surface area contributed by atoms with E-state index >= 15 is 0 Å². The summed E-state index contributed by atoms with van der Waals surface area (Å²) < 4.78 is 17.3. The third kappa shape index (κ3) is 3.42. The molecule has 0 aromatic heterocycles. The molecule has 0 bridgehead atoms. The Morgan fingerprint density at radius 1 is 1.60 bits per heavy atom. The van der Waals surface area contributed by atoms with Gasteiger partial charge in [0, 0.05) is 5.69 Å². The van der Waals surface area contributed by atoms with Gasteiger partial charge in [-0.3, -0.25) is 4.79 Å². The number of hydrogen-bond acceptors (Lipinski definition) is 3. The van der Waals surface area contributed by atoms with Crippen LogP contribution in [0.4, 0.5) is 10.1 Å². The van der Waals surface area contributed by atoms with Crippen molar-refractivity contribution in [1.29, 1.82) is 0 Å². The van der Waals surface area contributed by atoms with Crippen molar-refractivity contribution in [3.8, 4) is 0 Å². The predicted molar refractivity (Wildman–Crippen MR) is 56.5 cm³/mol. The predicted octanol–water partition coefficient (Wildman–Crippen LogP) is 1.98. The molecule has 2 N–H and O–H groups in total. The number of esters is 1. The molecule has 1 rings (SSSR count). The number of carbonyl (C=O) groups is 1. The van der Waals surface area contributed by atoms with Crippen LogP contribution in [-0.4, -0.2) is 13.1 Å². The van der Waals surface area contributed by atoms with E-state index in [-0.39, 0.29) is 18.2 Å². The highest BCUT2D eigenvalue weighted by molar-refractivity contribution is 5.73. The van der Waals surface area contributed by atoms with Crippen molar-refractivity contribution in [3.63, 3.8) is 0 Å². The molecule has 1 aromatic carbocycles. The summed E-state index contributed by atoms with van der Waals surface area (Å²) in [5.74, 6) is -0.705. The number of nitrogens with two attached hydrogens (primary N) is 1. The topological polar surface area (TPSA) is 52.3 Å². The molecule has 0 radical (unpaired) electrons. The summed E-state index contributed by atoms with van der Waals surface area (Å²) in [6.07, 6.45) is 3.32. The van der Waals surface area contributed by atoms with Crippen LogP contribution in [-0.2, 0) is 9.53 Å². The van der Waals surface area contributed by atoms with E-state index in [9.17, 15) is 9.18 Å². The number of hydrogen-bond donors (Lipinski definition) is 1. The van der Waals surface area contributed by atoms with Crippen molar-refractivity contribution in [1.82, 2.24) is 0 Å². The fraction of sp³-hybridized carbons (Fsp3) is 0.182. The van der Waals surface area contributed by atoms with Crippen molar-refractivity contribution >= 4 is 17.7 Å². The molecule has 0 heterocycles. The van der Waals surface area contributed by atoms with Gasteiger partial charge in [-0.25, -0.2) is 4.39 Å². The molecule has 0 atom stereocenters. The molecule has 0 amide bonds. The van der Waals surface area contributed by atoms with E-state index in [2.05, 4.69) is 4.74 Å². The molecule has 4 heteroatoms. The van der Waals surface area contributed by atoms with E-state index < -0.39 is 0 Å². The lowest BCUT2D eigenvalue weighted by Crippen LogP contribution is -1.97. The van der Waals surface area contributed by atoms with Gasteiger partial charge in [0.25, 0.3) is 0 Å². The van der Waals surface area contributed by atoms with Gasteiger partial charge in [0.05, 0.1) is 13.5 Å². The molecule has 0 saturated heterocycles. The van der Waals surface area contributed by atoms with Crippen LogP contribution < -0.4 is 5.73 Å². The lowest BCUT2D eigenvalue weighted by molar-refractivity contribution is -0.139. The quantitative estimate of drug-likeness (QED) is 0.611. The summed E-state index contributed by atoms with van der Waals surface area (Å²) in [6.45, 7) is 0. The van der Waals surface area contributed by atoms with Crippen LogP contribution in [0.5, 0.6) is 0 Å². The van der Waals surface area contributed by atoms with Gasteiger partial charge in [-0.05, 0) is 23.8 Å². The van der Waals surface area contributed by atoms with Gasteiger partial charge < -0.3 is 10.5 Å². The first-order chi connectivity index (χ1) is 7.13. The lowest BCUT2D eigenvalue weighted by Gasteiger charge is -1.99. The molecule has 0 spiro atoms. The average molecular weight is 209 g/mol. The number of methoxy groups -OCH3 is 1. The molecule has 0 saturated carbocycles. The minimum atomic E-state index is -0.359. The molecule has 80 valence electrons. The maximum Gasteiger partial charge on any atom is 0.309 e. The summed E-state index contributed by atoms with van der Waals surface area (Å²) in [7, 11) is 1.31. The molecule has 0 unspecified atom stereocenters. The first kappa shape index (κ1) is 11.2. The number of anilines is 1. The van der Waals surface area contributed by atoms with Crippen LogP contribution in [0.1, 0.15) is 12.0 Å². The van der Waals surface area contributed by atoms with E-state index in [0.717, 1.165) is 0 Å². The summed E-state index contributed by atoms with van der Waals surface area (Å²) in [6, 6.07) is 4.07. The molecule has 1 aromatic rings. The molecular weight excluding hydrogens is 197 g/mol. The fourth-order valence-electron chi connectivity index (χ4n) is 1.06. The van der Waals surface area contributed by atoms with E-state index in [1.807, 2.05) is 0 Å². The molecule has 15 heavy (non-hydrogen) atoms. The second-order valence-electron chi connectivity index (χ2n) is 2.96. The Morgan fingerprint density at radius 3 is 3.00 bits per heavy atom. The Kier molecular flexibility index (Phi) is 3.85. The van der Waals surface area contributed by atoms with Crippen LogP contribution in [0.3, 0.4) is 0 Å². The summed E-state index contributed by atoms with van der Waals surface area (Å²) in [5, 5.41) is 0. The number of halogens is 1. The number of carbonyl (C=O) groups excluding carboxylic acids is 1. The van der Waals surface area contributed by atoms with E-state index in [0.29, 0.717) is 11.3 Å². The number of ether oxygens (including phenoxy) is 1. The van der Waals surface area contributed by atoms with Gasteiger partial charge in [-0.15, -0.1) is 0 Å². The van der Waals surface area contributed by atoms with Crippen LogP contribution >= 0.6 is 0 Å². The highest BCUT2D eigenvalue weighted by Crippen LogP contribution is 2.15. The number of benzene rings is 1. The molecule has 3 nitrogen and oxygen atoms in total. The minimum Gasteiger partial charge on any atom is -0.469 e. The maximum atomic E-state index is 12.8. The minimum absolute atomic E-state index is 0.145. The second-order valence-corrected chi connectivity index (χ2v) is 2.96. The van der Waals surface area contributed by atoms with Crippen LogP contribution in [0.15, 0.2) is 24.3 Å². The Balaban J connectivity index is 2.71. The largest absolute Gasteiger partial charge is 0.469 e. The van der Waals surface area contributed by atoms with Crippen LogP contribution in [0, 0.1) is 5.82 Å². The zero-order valence-electron chi connectivity index (χ0n) is 8.37. The Bertz CT molecular complexity index is 388. The first-order valence-corrected chi connectivity index (χ1v) is 4.42. The van der Waals surface area contributed by atoms with Gasteiger partial charge in [-0.1, -0.05) is 12.2 Å². The van der Waals surface area contributed by atoms with Gasteiger partial charge in [0.1, 0.15) is 5.82 Å². The van der Waals surface area contributed by atoms with Crippen molar-refractivity contribution in [2.45, 2.75) is 6.42 Å². The number of nitrogen functional groups attached to an aromatic ring is 1. The van der Waals surface area contributed by atoms with E-state index in [4.69, 9.17) is 5.73 Å². The zero-order chi connectivity index (χ0) is 11.3. The molecular formula is C11H12FNO2. The first-order valence-electron chi connectivity index (χ1n) is 4.42. The molecule has 0 aliphatic heterocycles.